The van der Waals surface area contributed by atoms with Crippen molar-refractivity contribution in [3.05, 3.63) is 59.9 Å². The van der Waals surface area contributed by atoms with Crippen molar-refractivity contribution in [2.24, 2.45) is 13.0 Å². The maximum Gasteiger partial charge on any atom is 0.242 e. The molecule has 1 heterocycles. The van der Waals surface area contributed by atoms with Crippen LogP contribution in [0.5, 0.6) is 0 Å². The lowest BCUT2D eigenvalue weighted by Gasteiger charge is -2.31. The predicted octanol–water partition coefficient (Wildman–Crippen LogP) is 4.19. The molecule has 0 aliphatic heterocycles. The Morgan fingerprint density at radius 2 is 1.80 bits per heavy atom. The molecule has 30 heavy (non-hydrogen) atoms. The monoisotopic (exact) mass is 409 g/mol. The number of hydrogen-bond acceptors (Lipinski definition) is 2. The van der Waals surface area contributed by atoms with Gasteiger partial charge in [0.2, 0.25) is 11.8 Å². The van der Waals surface area contributed by atoms with E-state index in [1.54, 1.807) is 0 Å². The van der Waals surface area contributed by atoms with Gasteiger partial charge in [-0.25, -0.2) is 0 Å². The Morgan fingerprint density at radius 3 is 2.33 bits per heavy atom. The Morgan fingerprint density at radius 1 is 1.10 bits per heavy atom. The number of amides is 2. The summed E-state index contributed by atoms with van der Waals surface area (Å²) in [5.74, 6) is 0.300. The first-order chi connectivity index (χ1) is 14.4. The van der Waals surface area contributed by atoms with E-state index in [9.17, 15) is 9.59 Å². The molecule has 0 spiro atoms. The van der Waals surface area contributed by atoms with Gasteiger partial charge in [-0.05, 0) is 42.9 Å². The molecular formula is C25H35N3O2. The van der Waals surface area contributed by atoms with Gasteiger partial charge in [0.25, 0.3) is 0 Å². The molecule has 162 valence electrons. The van der Waals surface area contributed by atoms with Gasteiger partial charge in [-0.15, -0.1) is 0 Å². The minimum atomic E-state index is -0.189. The third kappa shape index (κ3) is 5.53. The fourth-order valence-electron chi connectivity index (χ4n) is 4.01. The quantitative estimate of drug-likeness (QED) is 0.590. The van der Waals surface area contributed by atoms with E-state index in [1.165, 1.54) is 0 Å². The normalized spacial score (nSPS) is 14.6. The molecule has 2 amide bonds. The van der Waals surface area contributed by atoms with Crippen LogP contribution in [0, 0.1) is 5.92 Å². The van der Waals surface area contributed by atoms with Crippen LogP contribution >= 0.6 is 0 Å². The van der Waals surface area contributed by atoms with E-state index >= 15 is 0 Å². The fraction of sp³-hybridized carbons (Fsp3) is 0.520. The fourth-order valence-corrected chi connectivity index (χ4v) is 4.01. The summed E-state index contributed by atoms with van der Waals surface area (Å²) >= 11 is 0. The minimum absolute atomic E-state index is 0.0352. The molecule has 0 N–H and O–H groups in total. The van der Waals surface area contributed by atoms with E-state index in [0.717, 1.165) is 30.5 Å². The maximum atomic E-state index is 13.5. The summed E-state index contributed by atoms with van der Waals surface area (Å²) in [7, 11) is 2.00. The molecule has 1 saturated carbocycles. The number of benzene rings is 1. The maximum absolute atomic E-state index is 13.5. The van der Waals surface area contributed by atoms with E-state index in [2.05, 4.69) is 13.8 Å². The lowest BCUT2D eigenvalue weighted by atomic mass is 9.95. The summed E-state index contributed by atoms with van der Waals surface area (Å²) in [6, 6.07) is 14.2. The lowest BCUT2D eigenvalue weighted by molar-refractivity contribution is -0.142. The van der Waals surface area contributed by atoms with Crippen LogP contribution in [0.4, 0.5) is 0 Å². The summed E-state index contributed by atoms with van der Waals surface area (Å²) < 4.78 is 2.05. The molecule has 0 saturated heterocycles. The highest BCUT2D eigenvalue weighted by Crippen LogP contribution is 2.31. The Bertz CT molecular complexity index is 839. The third-order valence-corrected chi connectivity index (χ3v) is 5.83. The second-order valence-corrected chi connectivity index (χ2v) is 8.85. The van der Waals surface area contributed by atoms with Crippen LogP contribution in [0.3, 0.4) is 0 Å². The number of rotatable bonds is 10. The van der Waals surface area contributed by atoms with Crippen LogP contribution in [0.25, 0.3) is 0 Å². The van der Waals surface area contributed by atoms with Crippen molar-refractivity contribution >= 4 is 11.8 Å². The van der Waals surface area contributed by atoms with E-state index in [-0.39, 0.29) is 30.3 Å². The van der Waals surface area contributed by atoms with Crippen molar-refractivity contribution in [2.75, 3.05) is 13.1 Å². The van der Waals surface area contributed by atoms with Gasteiger partial charge in [-0.3, -0.25) is 9.59 Å². The average Bonchev–Trinajstić information content (AvgIpc) is 3.49. The average molecular weight is 410 g/mol. The highest BCUT2D eigenvalue weighted by molar-refractivity contribution is 5.89. The molecule has 1 aromatic carbocycles. The van der Waals surface area contributed by atoms with Crippen molar-refractivity contribution in [2.45, 2.75) is 58.5 Å². The summed E-state index contributed by atoms with van der Waals surface area (Å²) in [6.07, 6.45) is 4.72. The topological polar surface area (TPSA) is 45.6 Å². The second kappa shape index (κ2) is 9.96. The smallest absolute Gasteiger partial charge is 0.242 e. The van der Waals surface area contributed by atoms with Gasteiger partial charge in [-0.1, -0.05) is 51.1 Å². The summed E-state index contributed by atoms with van der Waals surface area (Å²) in [4.78, 5) is 30.6. The van der Waals surface area contributed by atoms with Gasteiger partial charge >= 0.3 is 0 Å². The Balaban J connectivity index is 1.75. The first-order valence-electron chi connectivity index (χ1n) is 11.1. The second-order valence-electron chi connectivity index (χ2n) is 8.85. The first-order valence-corrected chi connectivity index (χ1v) is 11.1. The lowest BCUT2D eigenvalue weighted by Crippen LogP contribution is -2.46. The van der Waals surface area contributed by atoms with E-state index in [1.807, 2.05) is 77.0 Å². The SMILES string of the molecule is CCC(C(=O)N(CC(=O)N(Cc1cccn1C)CC(C)C)C1CC1)c1ccccc1. The molecule has 1 fully saturated rings. The highest BCUT2D eigenvalue weighted by Gasteiger charge is 2.37. The molecule has 1 aliphatic carbocycles. The number of carbonyl (C=O) groups excluding carboxylic acids is 2. The van der Waals surface area contributed by atoms with Gasteiger partial charge in [0, 0.05) is 31.5 Å². The van der Waals surface area contributed by atoms with Gasteiger partial charge in [0.1, 0.15) is 6.54 Å². The Kier molecular flexibility index (Phi) is 7.35. The van der Waals surface area contributed by atoms with Crippen molar-refractivity contribution in [1.82, 2.24) is 14.4 Å². The van der Waals surface area contributed by atoms with Crippen LogP contribution in [0.1, 0.15) is 57.2 Å². The van der Waals surface area contributed by atoms with E-state index in [4.69, 9.17) is 0 Å². The number of aryl methyl sites for hydroxylation is 1. The third-order valence-electron chi connectivity index (χ3n) is 5.83. The minimum Gasteiger partial charge on any atom is -0.353 e. The zero-order chi connectivity index (χ0) is 21.7. The van der Waals surface area contributed by atoms with Crippen LogP contribution in [0.2, 0.25) is 0 Å². The Labute approximate surface area is 180 Å². The van der Waals surface area contributed by atoms with E-state index < -0.39 is 0 Å². The number of carbonyl (C=O) groups is 2. The number of aromatic nitrogens is 1. The van der Waals surface area contributed by atoms with E-state index in [0.29, 0.717) is 19.0 Å². The molecule has 5 heteroatoms. The zero-order valence-electron chi connectivity index (χ0n) is 18.8. The molecule has 0 radical (unpaired) electrons. The van der Waals surface area contributed by atoms with Gasteiger partial charge in [0.05, 0.1) is 12.5 Å². The molecular weight excluding hydrogens is 374 g/mol. The van der Waals surface area contributed by atoms with Crippen molar-refractivity contribution in [3.8, 4) is 0 Å². The van der Waals surface area contributed by atoms with Crippen LogP contribution in [0.15, 0.2) is 48.7 Å². The Hall–Kier alpha value is -2.56. The van der Waals surface area contributed by atoms with Crippen molar-refractivity contribution < 1.29 is 9.59 Å². The standard InChI is InChI=1S/C25H35N3O2/c1-5-23(20-10-7-6-8-11-20)25(30)28(21-13-14-21)18-24(29)27(16-19(2)3)17-22-12-9-15-26(22)4/h6-12,15,19,21,23H,5,13-14,16-18H2,1-4H3. The highest BCUT2D eigenvalue weighted by atomic mass is 16.2. The van der Waals surface area contributed by atoms with Gasteiger partial charge in [0.15, 0.2) is 0 Å². The molecule has 1 atom stereocenters. The van der Waals surface area contributed by atoms with Crippen LogP contribution in [-0.4, -0.2) is 45.3 Å². The van der Waals surface area contributed by atoms with Gasteiger partial charge in [-0.2, -0.15) is 0 Å². The van der Waals surface area contributed by atoms with Gasteiger partial charge < -0.3 is 14.4 Å². The summed E-state index contributed by atoms with van der Waals surface area (Å²) in [5, 5.41) is 0. The summed E-state index contributed by atoms with van der Waals surface area (Å²) in [6.45, 7) is 7.72. The molecule has 5 nitrogen and oxygen atoms in total. The molecule has 1 aliphatic rings. The molecule has 1 unspecified atom stereocenters. The van der Waals surface area contributed by atoms with Crippen LogP contribution in [-0.2, 0) is 23.2 Å². The number of nitrogens with zero attached hydrogens (tertiary/aromatic N) is 3. The predicted molar refractivity (Wildman–Crippen MR) is 120 cm³/mol. The molecule has 0 bridgehead atoms. The van der Waals surface area contributed by atoms with Crippen molar-refractivity contribution in [1.29, 1.82) is 0 Å². The van der Waals surface area contributed by atoms with Crippen LogP contribution < -0.4 is 0 Å². The molecule has 1 aromatic heterocycles. The zero-order valence-corrected chi connectivity index (χ0v) is 18.8. The van der Waals surface area contributed by atoms with Crippen molar-refractivity contribution in [3.63, 3.8) is 0 Å². The first kappa shape index (κ1) is 22.1. The largest absolute Gasteiger partial charge is 0.353 e. The summed E-state index contributed by atoms with van der Waals surface area (Å²) in [5.41, 5.74) is 2.13. The number of hydrogen-bond donors (Lipinski definition) is 0. The molecule has 2 aromatic rings. The molecule has 3 rings (SSSR count).